The van der Waals surface area contributed by atoms with Crippen molar-refractivity contribution in [3.05, 3.63) is 107 Å². The summed E-state index contributed by atoms with van der Waals surface area (Å²) < 4.78 is 6.08. The van der Waals surface area contributed by atoms with Gasteiger partial charge in [0.1, 0.15) is 17.6 Å². The molecule has 3 heterocycles. The Morgan fingerprint density at radius 1 is 0.943 bits per heavy atom. The number of rotatable bonds is 7. The molecule has 0 aliphatic heterocycles. The topological polar surface area (TPSA) is 86.8 Å². The molecule has 0 radical (unpaired) electrons. The van der Waals surface area contributed by atoms with Crippen molar-refractivity contribution in [1.29, 1.82) is 5.26 Å². The third-order valence-corrected chi connectivity index (χ3v) is 5.96. The number of anilines is 2. The molecule has 6 heteroatoms. The molecule has 0 saturated heterocycles. The molecule has 0 aliphatic carbocycles. The molecule has 0 fully saturated rings. The summed E-state index contributed by atoms with van der Waals surface area (Å²) in [7, 11) is 0. The molecule has 0 bridgehead atoms. The van der Waals surface area contributed by atoms with Crippen LogP contribution in [0.25, 0.3) is 22.2 Å². The van der Waals surface area contributed by atoms with E-state index in [0.717, 1.165) is 51.5 Å². The summed E-state index contributed by atoms with van der Waals surface area (Å²) in [6.45, 7) is 5.50. The summed E-state index contributed by atoms with van der Waals surface area (Å²) in [6, 6.07) is 22.4. The van der Waals surface area contributed by atoms with Crippen LogP contribution >= 0.6 is 0 Å². The lowest BCUT2D eigenvalue weighted by molar-refractivity contribution is 0.493. The summed E-state index contributed by atoms with van der Waals surface area (Å²) >= 11 is 0. The van der Waals surface area contributed by atoms with Gasteiger partial charge in [0.05, 0.1) is 23.3 Å². The van der Waals surface area contributed by atoms with Crippen LogP contribution < -0.4 is 10.6 Å². The molecule has 0 aliphatic rings. The van der Waals surface area contributed by atoms with Crippen LogP contribution in [0.3, 0.4) is 0 Å². The minimum absolute atomic E-state index is 0.505. The SMILES string of the molecule is Cc1ccc(Nc2c(C#N)cnc3cc(-c4ccc(CNCc5ccncc5)o4)ccc23)c(C)c1. The van der Waals surface area contributed by atoms with Gasteiger partial charge in [-0.2, -0.15) is 5.26 Å². The van der Waals surface area contributed by atoms with Gasteiger partial charge in [0, 0.05) is 41.8 Å². The van der Waals surface area contributed by atoms with Gasteiger partial charge < -0.3 is 15.1 Å². The minimum atomic E-state index is 0.505. The van der Waals surface area contributed by atoms with Gasteiger partial charge in [0.15, 0.2) is 0 Å². The fourth-order valence-electron chi connectivity index (χ4n) is 4.11. The normalized spacial score (nSPS) is 10.9. The van der Waals surface area contributed by atoms with Crippen molar-refractivity contribution in [2.45, 2.75) is 26.9 Å². The third-order valence-electron chi connectivity index (χ3n) is 5.96. The van der Waals surface area contributed by atoms with Crippen LogP contribution in [0, 0.1) is 25.2 Å². The van der Waals surface area contributed by atoms with Gasteiger partial charge in [-0.15, -0.1) is 0 Å². The van der Waals surface area contributed by atoms with E-state index in [2.05, 4.69) is 52.7 Å². The molecular formula is C29H25N5O. The summed E-state index contributed by atoms with van der Waals surface area (Å²) in [5, 5.41) is 17.4. The molecule has 0 unspecified atom stereocenters. The van der Waals surface area contributed by atoms with Crippen molar-refractivity contribution in [3.63, 3.8) is 0 Å². The molecule has 2 aromatic carbocycles. The van der Waals surface area contributed by atoms with Gasteiger partial charge in [-0.3, -0.25) is 9.97 Å². The van der Waals surface area contributed by atoms with E-state index >= 15 is 0 Å². The Morgan fingerprint density at radius 2 is 1.80 bits per heavy atom. The van der Waals surface area contributed by atoms with Crippen molar-refractivity contribution in [2.75, 3.05) is 5.32 Å². The van der Waals surface area contributed by atoms with Crippen LogP contribution in [0.1, 0.15) is 28.0 Å². The number of nitrogens with one attached hydrogen (secondary N) is 2. The molecule has 0 spiro atoms. The number of furan rings is 1. The van der Waals surface area contributed by atoms with E-state index in [9.17, 15) is 5.26 Å². The van der Waals surface area contributed by atoms with Gasteiger partial charge in [0.2, 0.25) is 0 Å². The molecule has 0 atom stereocenters. The Labute approximate surface area is 204 Å². The summed E-state index contributed by atoms with van der Waals surface area (Å²) in [4.78, 5) is 8.59. The highest BCUT2D eigenvalue weighted by atomic mass is 16.3. The van der Waals surface area contributed by atoms with Gasteiger partial charge in [0.25, 0.3) is 0 Å². The molecule has 5 aromatic rings. The Morgan fingerprint density at radius 3 is 2.60 bits per heavy atom. The summed E-state index contributed by atoms with van der Waals surface area (Å²) in [5.74, 6) is 1.64. The zero-order valence-corrected chi connectivity index (χ0v) is 19.7. The van der Waals surface area contributed by atoms with Crippen molar-refractivity contribution in [3.8, 4) is 17.4 Å². The number of hydrogen-bond acceptors (Lipinski definition) is 6. The predicted octanol–water partition coefficient (Wildman–Crippen LogP) is 6.41. The van der Waals surface area contributed by atoms with Crippen molar-refractivity contribution in [2.24, 2.45) is 0 Å². The summed E-state index contributed by atoms with van der Waals surface area (Å²) in [5.41, 5.74) is 7.46. The minimum Gasteiger partial charge on any atom is -0.460 e. The molecule has 35 heavy (non-hydrogen) atoms. The van der Waals surface area contributed by atoms with E-state index < -0.39 is 0 Å². The highest BCUT2D eigenvalue weighted by molar-refractivity contribution is 5.97. The molecule has 2 N–H and O–H groups in total. The van der Waals surface area contributed by atoms with Crippen molar-refractivity contribution < 1.29 is 4.42 Å². The number of hydrogen-bond donors (Lipinski definition) is 2. The van der Waals surface area contributed by atoms with Gasteiger partial charge >= 0.3 is 0 Å². The Balaban J connectivity index is 1.39. The molecule has 3 aromatic heterocycles. The molecule has 172 valence electrons. The number of fused-ring (bicyclic) bond motifs is 1. The number of aryl methyl sites for hydroxylation is 2. The number of nitrogens with zero attached hydrogens (tertiary/aromatic N) is 3. The van der Waals surface area contributed by atoms with Crippen LogP contribution in [-0.2, 0) is 13.1 Å². The van der Waals surface area contributed by atoms with Crippen molar-refractivity contribution >= 4 is 22.3 Å². The molecule has 0 amide bonds. The van der Waals surface area contributed by atoms with Crippen molar-refractivity contribution in [1.82, 2.24) is 15.3 Å². The van der Waals surface area contributed by atoms with E-state index in [-0.39, 0.29) is 0 Å². The molecular weight excluding hydrogens is 434 g/mol. The Kier molecular flexibility index (Phi) is 6.25. The quantitative estimate of drug-likeness (QED) is 0.292. The zero-order chi connectivity index (χ0) is 24.2. The largest absolute Gasteiger partial charge is 0.460 e. The van der Waals surface area contributed by atoms with Crippen LogP contribution in [0.2, 0.25) is 0 Å². The van der Waals surface area contributed by atoms with E-state index in [0.29, 0.717) is 12.1 Å². The molecule has 6 nitrogen and oxygen atoms in total. The highest BCUT2D eigenvalue weighted by Crippen LogP contribution is 2.33. The lowest BCUT2D eigenvalue weighted by atomic mass is 10.0. The maximum atomic E-state index is 9.69. The van der Waals surface area contributed by atoms with Crippen LogP contribution in [0.4, 0.5) is 11.4 Å². The maximum Gasteiger partial charge on any atom is 0.134 e. The second kappa shape index (κ2) is 9.80. The first-order chi connectivity index (χ1) is 17.1. The fourth-order valence-corrected chi connectivity index (χ4v) is 4.11. The number of pyridine rings is 2. The van der Waals surface area contributed by atoms with E-state index in [4.69, 9.17) is 4.42 Å². The first-order valence-electron chi connectivity index (χ1n) is 11.5. The van der Waals surface area contributed by atoms with E-state index in [1.54, 1.807) is 18.6 Å². The predicted molar refractivity (Wildman–Crippen MR) is 138 cm³/mol. The first kappa shape index (κ1) is 22.3. The van der Waals surface area contributed by atoms with E-state index in [1.807, 2.05) is 48.5 Å². The highest BCUT2D eigenvalue weighted by Gasteiger charge is 2.13. The van der Waals surface area contributed by atoms with E-state index in [1.165, 1.54) is 11.1 Å². The summed E-state index contributed by atoms with van der Waals surface area (Å²) in [6.07, 6.45) is 5.20. The van der Waals surface area contributed by atoms with Crippen LogP contribution in [0.5, 0.6) is 0 Å². The monoisotopic (exact) mass is 459 g/mol. The number of aromatic nitrogens is 2. The van der Waals surface area contributed by atoms with Gasteiger partial charge in [-0.25, -0.2) is 0 Å². The number of nitriles is 1. The molecule has 5 rings (SSSR count). The molecule has 0 saturated carbocycles. The van der Waals surface area contributed by atoms with Crippen LogP contribution in [-0.4, -0.2) is 9.97 Å². The number of benzene rings is 2. The average molecular weight is 460 g/mol. The Bertz CT molecular complexity index is 1530. The van der Waals surface area contributed by atoms with Crippen LogP contribution in [0.15, 0.2) is 83.7 Å². The lowest BCUT2D eigenvalue weighted by Crippen LogP contribution is -2.11. The second-order valence-corrected chi connectivity index (χ2v) is 8.56. The van der Waals surface area contributed by atoms with Gasteiger partial charge in [-0.05, 0) is 67.4 Å². The fraction of sp³-hybridized carbons (Fsp3) is 0.138. The maximum absolute atomic E-state index is 9.69. The lowest BCUT2D eigenvalue weighted by Gasteiger charge is -2.14. The Hall–Kier alpha value is -4.47. The first-order valence-corrected chi connectivity index (χ1v) is 11.5. The third kappa shape index (κ3) is 4.91. The van der Waals surface area contributed by atoms with Gasteiger partial charge in [-0.1, -0.05) is 23.8 Å². The standard InChI is InChI=1S/C29H25N5O/c1-19-3-7-26(20(2)13-19)34-29-23(15-30)17-33-27-14-22(4-6-25(27)29)28-8-5-24(35-28)18-32-16-21-9-11-31-12-10-21/h3-14,17,32H,16,18H2,1-2H3,(H,33,34). The average Bonchev–Trinajstić information content (AvgIpc) is 3.35. The smallest absolute Gasteiger partial charge is 0.134 e. The second-order valence-electron chi connectivity index (χ2n) is 8.56. The zero-order valence-electron chi connectivity index (χ0n) is 19.7.